The number of piperidine rings is 1. The van der Waals surface area contributed by atoms with Gasteiger partial charge in [0.15, 0.2) is 0 Å². The number of likely N-dealkylation sites (N-methyl/N-ethyl adjacent to an activating group) is 1. The lowest BCUT2D eigenvalue weighted by atomic mass is 9.88. The van der Waals surface area contributed by atoms with Crippen molar-refractivity contribution >= 4 is 56.7 Å². The number of hydrogen-bond acceptors (Lipinski definition) is 6. The molecule has 1 fully saturated rings. The highest BCUT2D eigenvalue weighted by atomic mass is 35.5. The molecule has 0 N–H and O–H groups in total. The molecule has 4 aromatic rings. The van der Waals surface area contributed by atoms with Crippen LogP contribution in [-0.2, 0) is 15.5 Å². The zero-order valence-electron chi connectivity index (χ0n) is 26.7. The Hall–Kier alpha value is -3.74. The highest BCUT2D eigenvalue weighted by Crippen LogP contribution is 2.34. The van der Waals surface area contributed by atoms with E-state index in [1.807, 2.05) is 42.5 Å². The second-order valence-corrected chi connectivity index (χ2v) is 14.2. The molecular formula is C37H37Cl2N3O4S. The fourth-order valence-corrected chi connectivity index (χ4v) is 7.64. The summed E-state index contributed by atoms with van der Waals surface area (Å²) in [6, 6.07) is 24.3. The molecule has 5 rings (SSSR count). The average molecular weight is 691 g/mol. The number of esters is 1. The van der Waals surface area contributed by atoms with E-state index in [2.05, 4.69) is 11.0 Å². The van der Waals surface area contributed by atoms with Gasteiger partial charge in [0.05, 0.1) is 45.2 Å². The van der Waals surface area contributed by atoms with Crippen LogP contribution in [0.5, 0.6) is 0 Å². The molecule has 47 heavy (non-hydrogen) atoms. The Morgan fingerprint density at radius 2 is 1.79 bits per heavy atom. The minimum atomic E-state index is -1.24. The van der Waals surface area contributed by atoms with Crippen molar-refractivity contribution in [1.29, 1.82) is 5.26 Å². The SMILES string of the molecule is COC(=O)c1ccc(C2CCN(CC[C@H](CN(C)C(=O)c3cc(C#N)cc4ccccc34)c3ccc(Cl)c(Cl)c3)CC2)c(S(C)=O)c1. The molecule has 1 unspecified atom stereocenters. The van der Waals surface area contributed by atoms with E-state index >= 15 is 0 Å². The third-order valence-electron chi connectivity index (χ3n) is 9.04. The molecule has 1 amide bonds. The largest absolute Gasteiger partial charge is 0.465 e. The molecule has 0 radical (unpaired) electrons. The zero-order valence-corrected chi connectivity index (χ0v) is 29.0. The van der Waals surface area contributed by atoms with Crippen molar-refractivity contribution in [2.75, 3.05) is 46.6 Å². The number of amides is 1. The molecule has 7 nitrogen and oxygen atoms in total. The number of fused-ring (bicyclic) bond motifs is 1. The van der Waals surface area contributed by atoms with E-state index in [1.165, 1.54) is 7.11 Å². The van der Waals surface area contributed by atoms with Gasteiger partial charge < -0.3 is 14.5 Å². The Bertz CT molecular complexity index is 1870. The first kappa shape index (κ1) is 34.6. The molecular weight excluding hydrogens is 653 g/mol. The van der Waals surface area contributed by atoms with Crippen LogP contribution in [0.25, 0.3) is 10.8 Å². The molecule has 4 aromatic carbocycles. The third kappa shape index (κ3) is 8.05. The highest BCUT2D eigenvalue weighted by molar-refractivity contribution is 7.84. The van der Waals surface area contributed by atoms with Gasteiger partial charge in [-0.05, 0) is 103 Å². The van der Waals surface area contributed by atoms with Gasteiger partial charge in [-0.2, -0.15) is 5.26 Å². The van der Waals surface area contributed by atoms with Gasteiger partial charge in [0.1, 0.15) is 0 Å². The highest BCUT2D eigenvalue weighted by Gasteiger charge is 2.27. The summed E-state index contributed by atoms with van der Waals surface area (Å²) in [6.45, 7) is 3.01. The molecule has 1 heterocycles. The number of carbonyl (C=O) groups excluding carboxylic acids is 2. The van der Waals surface area contributed by atoms with Crippen molar-refractivity contribution in [1.82, 2.24) is 9.80 Å². The Balaban J connectivity index is 1.30. The average Bonchev–Trinajstić information content (AvgIpc) is 3.09. The van der Waals surface area contributed by atoms with E-state index in [0.29, 0.717) is 38.2 Å². The fourth-order valence-electron chi connectivity index (χ4n) is 6.47. The van der Waals surface area contributed by atoms with Crippen LogP contribution in [0.3, 0.4) is 0 Å². The smallest absolute Gasteiger partial charge is 0.337 e. The van der Waals surface area contributed by atoms with Crippen LogP contribution >= 0.6 is 23.2 Å². The summed E-state index contributed by atoms with van der Waals surface area (Å²) in [5.74, 6) is -0.357. The van der Waals surface area contributed by atoms with Crippen LogP contribution < -0.4 is 0 Å². The zero-order chi connectivity index (χ0) is 33.7. The van der Waals surface area contributed by atoms with E-state index < -0.39 is 16.8 Å². The maximum absolute atomic E-state index is 13.9. The third-order valence-corrected chi connectivity index (χ3v) is 10.8. The Morgan fingerprint density at radius 3 is 2.47 bits per heavy atom. The van der Waals surface area contributed by atoms with Gasteiger partial charge in [0, 0.05) is 36.2 Å². The number of likely N-dealkylation sites (tertiary alicyclic amines) is 1. The first-order valence-corrected chi connectivity index (χ1v) is 17.8. The lowest BCUT2D eigenvalue weighted by molar-refractivity contribution is 0.0600. The Labute approximate surface area is 288 Å². The van der Waals surface area contributed by atoms with Gasteiger partial charge in [-0.15, -0.1) is 0 Å². The lowest BCUT2D eigenvalue weighted by Gasteiger charge is -2.34. The van der Waals surface area contributed by atoms with E-state index in [0.717, 1.165) is 60.8 Å². The number of rotatable bonds is 10. The van der Waals surface area contributed by atoms with Crippen LogP contribution in [0.4, 0.5) is 0 Å². The molecule has 0 saturated carbocycles. The molecule has 1 aliphatic rings. The van der Waals surface area contributed by atoms with Crippen molar-refractivity contribution in [2.24, 2.45) is 0 Å². The Kier molecular flexibility index (Phi) is 11.4. The van der Waals surface area contributed by atoms with Gasteiger partial charge in [-0.1, -0.05) is 59.6 Å². The summed E-state index contributed by atoms with van der Waals surface area (Å²) < 4.78 is 17.5. The lowest BCUT2D eigenvalue weighted by Crippen LogP contribution is -2.36. The standard InChI is InChI=1S/C37H37Cl2N3O4S/c1-41(36(43)32-19-24(22-40)18-27-6-4-5-7-30(27)32)23-29(26-9-11-33(38)34(39)20-26)14-17-42-15-12-25(13-16-42)31-10-8-28(37(44)46-2)21-35(31)47(3)45/h4-11,18-21,25,29H,12-17,23H2,1-3H3/t29-,47?/m1/s1. The quantitative estimate of drug-likeness (QED) is 0.159. The molecule has 244 valence electrons. The Morgan fingerprint density at radius 1 is 1.04 bits per heavy atom. The van der Waals surface area contributed by atoms with Crippen LogP contribution in [0, 0.1) is 11.3 Å². The first-order valence-electron chi connectivity index (χ1n) is 15.5. The van der Waals surface area contributed by atoms with E-state index in [9.17, 15) is 19.1 Å². The number of methoxy groups -OCH3 is 1. The predicted molar refractivity (Wildman–Crippen MR) is 188 cm³/mol. The van der Waals surface area contributed by atoms with Crippen LogP contribution in [0.1, 0.15) is 68.5 Å². The summed E-state index contributed by atoms with van der Waals surface area (Å²) in [5, 5.41) is 12.2. The van der Waals surface area contributed by atoms with Crippen LogP contribution in [-0.4, -0.2) is 72.5 Å². The molecule has 10 heteroatoms. The van der Waals surface area contributed by atoms with E-state index in [-0.39, 0.29) is 17.7 Å². The van der Waals surface area contributed by atoms with Crippen LogP contribution in [0.2, 0.25) is 10.0 Å². The first-order chi connectivity index (χ1) is 22.6. The van der Waals surface area contributed by atoms with Crippen LogP contribution in [0.15, 0.2) is 77.7 Å². The van der Waals surface area contributed by atoms with E-state index in [4.69, 9.17) is 27.9 Å². The van der Waals surface area contributed by atoms with Gasteiger partial charge in [0.25, 0.3) is 5.91 Å². The summed E-state index contributed by atoms with van der Waals surface area (Å²) in [6.07, 6.45) is 4.24. The van der Waals surface area contributed by atoms with Crippen molar-refractivity contribution in [3.8, 4) is 6.07 Å². The molecule has 2 atom stereocenters. The van der Waals surface area contributed by atoms with Gasteiger partial charge in [0.2, 0.25) is 0 Å². The molecule has 0 aliphatic carbocycles. The second kappa shape index (κ2) is 15.4. The topological polar surface area (TPSA) is 90.7 Å². The summed E-state index contributed by atoms with van der Waals surface area (Å²) in [5.41, 5.74) is 3.39. The van der Waals surface area contributed by atoms with Crippen molar-refractivity contribution in [2.45, 2.75) is 36.0 Å². The monoisotopic (exact) mass is 689 g/mol. The number of hydrogen-bond donors (Lipinski definition) is 0. The minimum absolute atomic E-state index is 0.0122. The molecule has 0 aromatic heterocycles. The maximum Gasteiger partial charge on any atom is 0.337 e. The minimum Gasteiger partial charge on any atom is -0.465 e. The van der Waals surface area contributed by atoms with E-state index in [1.54, 1.807) is 48.5 Å². The summed E-state index contributed by atoms with van der Waals surface area (Å²) >= 11 is 12.7. The number of benzene rings is 4. The number of halogens is 2. The fraction of sp³-hybridized carbons (Fsp3) is 0.324. The van der Waals surface area contributed by atoms with Crippen molar-refractivity contribution in [3.63, 3.8) is 0 Å². The second-order valence-electron chi connectivity index (χ2n) is 12.0. The van der Waals surface area contributed by atoms with Crippen molar-refractivity contribution < 1.29 is 18.5 Å². The normalized spacial score (nSPS) is 15.1. The summed E-state index contributed by atoms with van der Waals surface area (Å²) in [7, 11) is 1.90. The number of nitrogens with zero attached hydrogens (tertiary/aromatic N) is 3. The molecule has 0 spiro atoms. The molecule has 0 bridgehead atoms. The van der Waals surface area contributed by atoms with Gasteiger partial charge in [-0.25, -0.2) is 4.79 Å². The van der Waals surface area contributed by atoms with Crippen molar-refractivity contribution in [3.05, 3.63) is 111 Å². The van der Waals surface area contributed by atoms with Gasteiger partial charge >= 0.3 is 5.97 Å². The van der Waals surface area contributed by atoms with Gasteiger partial charge in [-0.3, -0.25) is 9.00 Å². The molecule has 1 saturated heterocycles. The number of carbonyl (C=O) groups is 2. The maximum atomic E-state index is 13.9. The molecule has 1 aliphatic heterocycles. The number of ether oxygens (including phenoxy) is 1. The predicted octanol–water partition coefficient (Wildman–Crippen LogP) is 7.67. The summed E-state index contributed by atoms with van der Waals surface area (Å²) in [4.78, 5) is 30.8. The number of nitriles is 1.